The number of nitrogens with one attached hydrogen (secondary N) is 1. The standard InChI is InChI=1S/C12H16Cl3NO6/c1-3-20-7(17)4-6-8(11(18)16-6)5(2)21-12(19)22-10(15)9(13)14/h5-6,8-10H,3-4H2,1-2H3,(H,16,18)/t5?,6-,8-,10?/m1/s1. The third-order valence-electron chi connectivity index (χ3n) is 2.95. The summed E-state index contributed by atoms with van der Waals surface area (Å²) < 4.78 is 14.4. The summed E-state index contributed by atoms with van der Waals surface area (Å²) in [5.74, 6) is -1.45. The maximum Gasteiger partial charge on any atom is 0.510 e. The summed E-state index contributed by atoms with van der Waals surface area (Å²) in [6.45, 7) is 3.43. The molecule has 7 nitrogen and oxygen atoms in total. The molecule has 0 bridgehead atoms. The molecule has 1 N–H and O–H groups in total. The van der Waals surface area contributed by atoms with Gasteiger partial charge in [0.15, 0.2) is 4.84 Å². The van der Waals surface area contributed by atoms with E-state index >= 15 is 0 Å². The van der Waals surface area contributed by atoms with Gasteiger partial charge < -0.3 is 19.5 Å². The van der Waals surface area contributed by atoms with E-state index in [-0.39, 0.29) is 18.9 Å². The van der Waals surface area contributed by atoms with Crippen LogP contribution in [0.5, 0.6) is 0 Å². The SMILES string of the molecule is CCOC(=O)C[C@H]1NC(=O)[C@@H]1C(C)OC(=O)OC(Cl)C(Cl)Cl. The topological polar surface area (TPSA) is 90.9 Å². The number of halogens is 3. The number of β-lactam (4-membered cyclic amide) rings is 1. The number of hydrogen-bond acceptors (Lipinski definition) is 6. The Hall–Kier alpha value is -0.920. The number of carbonyl (C=O) groups is 3. The molecule has 0 spiro atoms. The zero-order valence-corrected chi connectivity index (χ0v) is 14.2. The number of hydrogen-bond donors (Lipinski definition) is 1. The first-order valence-electron chi connectivity index (χ1n) is 6.51. The Bertz CT molecular complexity index is 433. The van der Waals surface area contributed by atoms with Crippen LogP contribution in [0.15, 0.2) is 0 Å². The van der Waals surface area contributed by atoms with Crippen molar-refractivity contribution in [3.05, 3.63) is 0 Å². The highest BCUT2D eigenvalue weighted by Gasteiger charge is 2.46. The van der Waals surface area contributed by atoms with Crippen molar-refractivity contribution in [2.24, 2.45) is 5.92 Å². The number of rotatable bonds is 7. The Morgan fingerprint density at radius 3 is 2.41 bits per heavy atom. The Kier molecular flexibility index (Phi) is 7.52. The van der Waals surface area contributed by atoms with Gasteiger partial charge >= 0.3 is 12.1 Å². The fourth-order valence-electron chi connectivity index (χ4n) is 1.97. The number of carbonyl (C=O) groups excluding carboxylic acids is 3. The van der Waals surface area contributed by atoms with Crippen molar-refractivity contribution in [1.29, 1.82) is 0 Å². The molecule has 1 aliphatic heterocycles. The molecule has 126 valence electrons. The molecule has 1 rings (SSSR count). The number of amides is 1. The first-order valence-corrected chi connectivity index (χ1v) is 7.82. The van der Waals surface area contributed by atoms with Crippen molar-refractivity contribution in [1.82, 2.24) is 5.32 Å². The second kappa shape index (κ2) is 8.64. The molecule has 0 aromatic heterocycles. The van der Waals surface area contributed by atoms with Gasteiger partial charge in [0.25, 0.3) is 0 Å². The predicted molar refractivity (Wildman–Crippen MR) is 78.8 cm³/mol. The number of alkyl halides is 3. The van der Waals surface area contributed by atoms with Crippen LogP contribution < -0.4 is 5.32 Å². The molecule has 22 heavy (non-hydrogen) atoms. The Morgan fingerprint density at radius 1 is 1.27 bits per heavy atom. The van der Waals surface area contributed by atoms with Crippen molar-refractivity contribution in [3.63, 3.8) is 0 Å². The fourth-order valence-corrected chi connectivity index (χ4v) is 2.14. The lowest BCUT2D eigenvalue weighted by Crippen LogP contribution is -2.63. The molecule has 1 heterocycles. The van der Waals surface area contributed by atoms with E-state index in [0.717, 1.165) is 0 Å². The summed E-state index contributed by atoms with van der Waals surface area (Å²) in [4.78, 5) is 33.3. The minimum atomic E-state index is -1.27. The molecule has 4 atom stereocenters. The largest absolute Gasteiger partial charge is 0.510 e. The van der Waals surface area contributed by atoms with Crippen LogP contribution in [0.1, 0.15) is 20.3 Å². The van der Waals surface area contributed by atoms with Gasteiger partial charge in [-0.15, -0.1) is 0 Å². The average Bonchev–Trinajstić information content (AvgIpc) is 2.37. The highest BCUT2D eigenvalue weighted by molar-refractivity contribution is 6.48. The molecule has 2 unspecified atom stereocenters. The van der Waals surface area contributed by atoms with Gasteiger partial charge in [-0.3, -0.25) is 9.59 Å². The van der Waals surface area contributed by atoms with Gasteiger partial charge in [-0.1, -0.05) is 34.8 Å². The van der Waals surface area contributed by atoms with Crippen LogP contribution in [-0.2, 0) is 23.8 Å². The van der Waals surface area contributed by atoms with Crippen LogP contribution in [0.3, 0.4) is 0 Å². The molecule has 10 heteroatoms. The van der Waals surface area contributed by atoms with E-state index in [1.807, 2.05) is 0 Å². The molecule has 0 aromatic carbocycles. The second-order valence-corrected chi connectivity index (χ2v) is 6.12. The third kappa shape index (κ3) is 5.37. The van der Waals surface area contributed by atoms with Crippen molar-refractivity contribution in [2.75, 3.05) is 6.61 Å². The van der Waals surface area contributed by atoms with E-state index in [1.54, 1.807) is 6.92 Å². The normalized spacial score (nSPS) is 23.1. The summed E-state index contributed by atoms with van der Waals surface area (Å²) in [6, 6.07) is -0.463. The summed E-state index contributed by atoms with van der Waals surface area (Å²) >= 11 is 16.4. The van der Waals surface area contributed by atoms with E-state index in [9.17, 15) is 14.4 Å². The summed E-state index contributed by atoms with van der Waals surface area (Å²) in [5, 5.41) is 2.56. The van der Waals surface area contributed by atoms with Gasteiger partial charge in [-0.05, 0) is 13.8 Å². The van der Waals surface area contributed by atoms with Gasteiger partial charge in [0.2, 0.25) is 11.5 Å². The molecule has 0 aliphatic carbocycles. The molecular weight excluding hydrogens is 360 g/mol. The molecule has 1 saturated heterocycles. The highest BCUT2D eigenvalue weighted by Crippen LogP contribution is 2.25. The van der Waals surface area contributed by atoms with Crippen molar-refractivity contribution >= 4 is 52.8 Å². The molecule has 0 radical (unpaired) electrons. The quantitative estimate of drug-likeness (QED) is 0.415. The first-order chi connectivity index (χ1) is 10.3. The minimum Gasteiger partial charge on any atom is -0.466 e. The Labute approximate surface area is 142 Å². The van der Waals surface area contributed by atoms with Crippen molar-refractivity contribution in [3.8, 4) is 0 Å². The Balaban J connectivity index is 2.49. The van der Waals surface area contributed by atoms with Crippen LogP contribution in [0.4, 0.5) is 4.79 Å². The molecular formula is C12H16Cl3NO6. The highest BCUT2D eigenvalue weighted by atomic mass is 35.5. The lowest BCUT2D eigenvalue weighted by molar-refractivity contribution is -0.150. The number of esters is 1. The fraction of sp³-hybridized carbons (Fsp3) is 0.750. The van der Waals surface area contributed by atoms with E-state index in [0.29, 0.717) is 0 Å². The lowest BCUT2D eigenvalue weighted by Gasteiger charge is -2.39. The summed E-state index contributed by atoms with van der Waals surface area (Å²) in [6.07, 6.45) is -1.92. The van der Waals surface area contributed by atoms with Crippen molar-refractivity contribution in [2.45, 2.75) is 42.8 Å². The summed E-state index contributed by atoms with van der Waals surface area (Å²) in [7, 11) is 0. The molecule has 1 aliphatic rings. The van der Waals surface area contributed by atoms with E-state index in [4.69, 9.17) is 44.3 Å². The van der Waals surface area contributed by atoms with E-state index in [2.05, 4.69) is 10.1 Å². The van der Waals surface area contributed by atoms with Crippen LogP contribution in [0.2, 0.25) is 0 Å². The number of ether oxygens (including phenoxy) is 3. The molecule has 0 aromatic rings. The van der Waals surface area contributed by atoms with Gasteiger partial charge in [-0.25, -0.2) is 4.79 Å². The smallest absolute Gasteiger partial charge is 0.466 e. The van der Waals surface area contributed by atoms with Crippen LogP contribution >= 0.6 is 34.8 Å². The third-order valence-corrected chi connectivity index (χ3v) is 4.01. The first kappa shape index (κ1) is 19.1. The maximum atomic E-state index is 11.6. The second-order valence-electron chi connectivity index (χ2n) is 4.53. The van der Waals surface area contributed by atoms with Gasteiger partial charge in [0.05, 0.1) is 25.0 Å². The zero-order chi connectivity index (χ0) is 16.9. The monoisotopic (exact) mass is 375 g/mol. The van der Waals surface area contributed by atoms with Crippen molar-refractivity contribution < 1.29 is 28.6 Å². The van der Waals surface area contributed by atoms with Crippen LogP contribution in [-0.4, -0.2) is 47.2 Å². The zero-order valence-electron chi connectivity index (χ0n) is 11.9. The lowest BCUT2D eigenvalue weighted by atomic mass is 9.84. The average molecular weight is 377 g/mol. The predicted octanol–water partition coefficient (Wildman–Crippen LogP) is 1.96. The van der Waals surface area contributed by atoms with E-state index < -0.39 is 40.6 Å². The summed E-state index contributed by atoms with van der Waals surface area (Å²) in [5.41, 5.74) is -1.27. The van der Waals surface area contributed by atoms with Gasteiger partial charge in [0.1, 0.15) is 6.10 Å². The molecule has 1 amide bonds. The minimum absolute atomic E-state index is 0.00341. The maximum absolute atomic E-state index is 11.6. The van der Waals surface area contributed by atoms with Gasteiger partial charge in [0, 0.05) is 0 Å². The van der Waals surface area contributed by atoms with Crippen LogP contribution in [0, 0.1) is 5.92 Å². The molecule has 0 saturated carbocycles. The Morgan fingerprint density at radius 2 is 1.91 bits per heavy atom. The van der Waals surface area contributed by atoms with E-state index in [1.165, 1.54) is 6.92 Å². The van der Waals surface area contributed by atoms with Crippen LogP contribution in [0.25, 0.3) is 0 Å². The molecule has 1 fully saturated rings. The van der Waals surface area contributed by atoms with Gasteiger partial charge in [-0.2, -0.15) is 0 Å².